The molecule has 1 unspecified atom stereocenters. The molecule has 4 nitrogen and oxygen atoms in total. The van der Waals surface area contributed by atoms with Crippen molar-refractivity contribution in [3.8, 4) is 0 Å². The fourth-order valence-electron chi connectivity index (χ4n) is 5.24. The van der Waals surface area contributed by atoms with Gasteiger partial charge in [0.25, 0.3) is 0 Å². The van der Waals surface area contributed by atoms with Crippen LogP contribution in [-0.4, -0.2) is 21.7 Å². The van der Waals surface area contributed by atoms with E-state index in [9.17, 15) is 4.79 Å². The van der Waals surface area contributed by atoms with Crippen molar-refractivity contribution in [2.75, 3.05) is 0 Å². The second-order valence-electron chi connectivity index (χ2n) is 8.28. The van der Waals surface area contributed by atoms with Crippen LogP contribution in [0.25, 0.3) is 0 Å². The number of nitrogens with zero attached hydrogens (tertiary/aromatic N) is 2. The molecule has 0 bridgehead atoms. The molecule has 0 saturated heterocycles. The second kappa shape index (κ2) is 4.53. The quantitative estimate of drug-likeness (QED) is 0.787. The third-order valence-electron chi connectivity index (χ3n) is 5.94. The number of nitrogens with one attached hydrogen (secondary N) is 1. The fourth-order valence-corrected chi connectivity index (χ4v) is 5.24. The summed E-state index contributed by atoms with van der Waals surface area (Å²) in [5, 5.41) is 7.57. The van der Waals surface area contributed by atoms with Gasteiger partial charge in [-0.15, -0.1) is 0 Å². The zero-order valence-corrected chi connectivity index (χ0v) is 13.8. The van der Waals surface area contributed by atoms with E-state index < -0.39 is 0 Å². The SMILES string of the molecule is Cc1[nH]nc2c1C1(CCCCC1)C1C(=O)CC(C)(C)CC1=N2. The molecule has 2 saturated carbocycles. The first-order valence-electron chi connectivity index (χ1n) is 8.59. The number of rotatable bonds is 0. The maximum absolute atomic E-state index is 13.0. The van der Waals surface area contributed by atoms with E-state index in [1.165, 1.54) is 24.8 Å². The maximum Gasteiger partial charge on any atom is 0.177 e. The van der Waals surface area contributed by atoms with Crippen LogP contribution in [0.15, 0.2) is 4.99 Å². The van der Waals surface area contributed by atoms with Crippen LogP contribution in [0, 0.1) is 18.3 Å². The minimum atomic E-state index is -0.0324. The molecule has 1 aliphatic heterocycles. The van der Waals surface area contributed by atoms with E-state index in [2.05, 4.69) is 31.0 Å². The number of fused-ring (bicyclic) bond motifs is 4. The average Bonchev–Trinajstić information content (AvgIpc) is 2.79. The number of H-pyrrole nitrogens is 1. The Morgan fingerprint density at radius 1 is 1.14 bits per heavy atom. The van der Waals surface area contributed by atoms with Crippen molar-refractivity contribution >= 4 is 17.3 Å². The summed E-state index contributed by atoms with van der Waals surface area (Å²) in [6, 6.07) is 0. The van der Waals surface area contributed by atoms with Gasteiger partial charge in [0, 0.05) is 28.8 Å². The van der Waals surface area contributed by atoms with Gasteiger partial charge in [-0.3, -0.25) is 9.89 Å². The van der Waals surface area contributed by atoms with Gasteiger partial charge in [0.05, 0.1) is 5.92 Å². The van der Waals surface area contributed by atoms with Gasteiger partial charge in [-0.05, 0) is 31.6 Å². The fraction of sp³-hybridized carbons (Fsp3) is 0.722. The van der Waals surface area contributed by atoms with Crippen LogP contribution in [0.2, 0.25) is 0 Å². The molecule has 3 aliphatic rings. The van der Waals surface area contributed by atoms with Crippen LogP contribution in [0.4, 0.5) is 5.82 Å². The molecule has 2 fully saturated rings. The molecular weight excluding hydrogens is 274 g/mol. The molecule has 0 amide bonds. The van der Waals surface area contributed by atoms with Gasteiger partial charge < -0.3 is 0 Å². The number of Topliss-reactive ketones (excluding diaryl/α,β-unsaturated/α-hetero) is 1. The van der Waals surface area contributed by atoms with E-state index in [0.717, 1.165) is 36.5 Å². The lowest BCUT2D eigenvalue weighted by Gasteiger charge is -2.49. The van der Waals surface area contributed by atoms with Crippen molar-refractivity contribution in [2.24, 2.45) is 16.3 Å². The molecule has 1 N–H and O–H groups in total. The second-order valence-corrected chi connectivity index (χ2v) is 8.28. The molecule has 22 heavy (non-hydrogen) atoms. The summed E-state index contributed by atoms with van der Waals surface area (Å²) in [5.74, 6) is 1.27. The van der Waals surface area contributed by atoms with E-state index in [-0.39, 0.29) is 16.7 Å². The van der Waals surface area contributed by atoms with Gasteiger partial charge in [0.1, 0.15) is 5.78 Å². The molecular formula is C18H25N3O. The van der Waals surface area contributed by atoms with Crippen molar-refractivity contribution < 1.29 is 4.79 Å². The highest BCUT2D eigenvalue weighted by molar-refractivity contribution is 6.11. The number of aromatic nitrogens is 2. The number of aryl methyl sites for hydroxylation is 1. The van der Waals surface area contributed by atoms with Crippen LogP contribution >= 0.6 is 0 Å². The van der Waals surface area contributed by atoms with Crippen molar-refractivity contribution in [1.82, 2.24) is 10.2 Å². The molecule has 1 spiro atoms. The monoisotopic (exact) mass is 299 g/mol. The van der Waals surface area contributed by atoms with Gasteiger partial charge in [-0.25, -0.2) is 4.99 Å². The summed E-state index contributed by atoms with van der Waals surface area (Å²) in [6.45, 7) is 6.45. The van der Waals surface area contributed by atoms with Crippen LogP contribution in [0.3, 0.4) is 0 Å². The number of carbonyl (C=O) groups is 1. The van der Waals surface area contributed by atoms with Gasteiger partial charge in [-0.2, -0.15) is 5.10 Å². The van der Waals surface area contributed by atoms with Gasteiger partial charge in [0.2, 0.25) is 0 Å². The lowest BCUT2D eigenvalue weighted by atomic mass is 9.54. The summed E-state index contributed by atoms with van der Waals surface area (Å²) < 4.78 is 0. The topological polar surface area (TPSA) is 58.1 Å². The Morgan fingerprint density at radius 3 is 2.59 bits per heavy atom. The molecule has 1 aromatic heterocycles. The molecule has 0 aromatic carbocycles. The molecule has 4 rings (SSSR count). The number of aliphatic imine (C=N–C) groups is 1. The molecule has 2 aliphatic carbocycles. The highest BCUT2D eigenvalue weighted by Crippen LogP contribution is 2.55. The van der Waals surface area contributed by atoms with Crippen LogP contribution in [-0.2, 0) is 10.2 Å². The van der Waals surface area contributed by atoms with E-state index in [1.54, 1.807) is 0 Å². The molecule has 118 valence electrons. The first-order chi connectivity index (χ1) is 10.4. The molecule has 1 aromatic rings. The molecule has 0 radical (unpaired) electrons. The summed E-state index contributed by atoms with van der Waals surface area (Å²) in [4.78, 5) is 17.9. The van der Waals surface area contributed by atoms with Crippen LogP contribution in [0.1, 0.15) is 70.1 Å². The smallest absolute Gasteiger partial charge is 0.177 e. The van der Waals surface area contributed by atoms with Gasteiger partial charge in [-0.1, -0.05) is 33.1 Å². The van der Waals surface area contributed by atoms with E-state index in [1.807, 2.05) is 0 Å². The van der Waals surface area contributed by atoms with Crippen molar-refractivity contribution in [1.29, 1.82) is 0 Å². The first kappa shape index (κ1) is 14.2. The predicted octanol–water partition coefficient (Wildman–Crippen LogP) is 4.01. The van der Waals surface area contributed by atoms with Crippen molar-refractivity contribution in [3.05, 3.63) is 11.3 Å². The molecule has 2 heterocycles. The number of aromatic amines is 1. The lowest BCUT2D eigenvalue weighted by Crippen LogP contribution is -2.52. The van der Waals surface area contributed by atoms with Crippen LogP contribution < -0.4 is 0 Å². The summed E-state index contributed by atoms with van der Waals surface area (Å²) in [5.41, 5.74) is 3.45. The summed E-state index contributed by atoms with van der Waals surface area (Å²) in [6.07, 6.45) is 7.54. The highest BCUT2D eigenvalue weighted by Gasteiger charge is 2.55. The van der Waals surface area contributed by atoms with Gasteiger partial charge in [0.15, 0.2) is 5.82 Å². The van der Waals surface area contributed by atoms with E-state index >= 15 is 0 Å². The Bertz CT molecular complexity index is 662. The lowest BCUT2D eigenvalue weighted by molar-refractivity contribution is -0.126. The van der Waals surface area contributed by atoms with Crippen molar-refractivity contribution in [2.45, 2.75) is 71.1 Å². The Balaban J connectivity index is 1.92. The Hall–Kier alpha value is -1.45. The largest absolute Gasteiger partial charge is 0.299 e. The predicted molar refractivity (Wildman–Crippen MR) is 86.7 cm³/mol. The summed E-state index contributed by atoms with van der Waals surface area (Å²) >= 11 is 0. The number of hydrogen-bond acceptors (Lipinski definition) is 3. The van der Waals surface area contributed by atoms with Gasteiger partial charge >= 0.3 is 0 Å². The highest BCUT2D eigenvalue weighted by atomic mass is 16.1. The maximum atomic E-state index is 13.0. The zero-order valence-electron chi connectivity index (χ0n) is 13.8. The number of ketones is 1. The third kappa shape index (κ3) is 1.85. The number of hydrogen-bond donors (Lipinski definition) is 1. The average molecular weight is 299 g/mol. The minimum Gasteiger partial charge on any atom is -0.299 e. The Kier molecular flexibility index (Phi) is 2.91. The first-order valence-corrected chi connectivity index (χ1v) is 8.59. The standard InChI is InChI=1S/C18H25N3O/c1-11-14-16(21-20-11)19-12-9-17(2,3)10-13(22)15(12)18(14)7-5-4-6-8-18/h15H,4-10H2,1-3H3,(H,20,21). The Labute approximate surface area is 131 Å². The molecule has 4 heteroatoms. The van der Waals surface area contributed by atoms with Crippen molar-refractivity contribution in [3.63, 3.8) is 0 Å². The Morgan fingerprint density at radius 2 is 1.86 bits per heavy atom. The minimum absolute atomic E-state index is 0.00428. The summed E-state index contributed by atoms with van der Waals surface area (Å²) in [7, 11) is 0. The zero-order chi connectivity index (χ0) is 15.5. The van der Waals surface area contributed by atoms with Crippen LogP contribution in [0.5, 0.6) is 0 Å². The third-order valence-corrected chi connectivity index (χ3v) is 5.94. The number of carbonyl (C=O) groups excluding carboxylic acids is 1. The normalized spacial score (nSPS) is 29.0. The van der Waals surface area contributed by atoms with E-state index in [4.69, 9.17) is 4.99 Å². The molecule has 1 atom stereocenters. The van der Waals surface area contributed by atoms with E-state index in [0.29, 0.717) is 12.2 Å².